The number of benzene rings is 1. The minimum absolute atomic E-state index is 0. The van der Waals surface area contributed by atoms with E-state index >= 15 is 0 Å². The summed E-state index contributed by atoms with van der Waals surface area (Å²) in [6.45, 7) is 1.89. The molecule has 3 nitrogen and oxygen atoms in total. The molecule has 0 heterocycles. The van der Waals surface area contributed by atoms with Crippen molar-refractivity contribution in [2.45, 2.75) is 6.92 Å². The number of nitrogens with zero attached hydrogens (tertiary/aromatic N) is 1. The normalized spacial score (nSPS) is 10.0. The van der Waals surface area contributed by atoms with Crippen molar-refractivity contribution in [3.63, 3.8) is 0 Å². The quantitative estimate of drug-likeness (QED) is 0.471. The van der Waals surface area contributed by atoms with E-state index in [9.17, 15) is 4.79 Å². The van der Waals surface area contributed by atoms with Gasteiger partial charge < -0.3 is 5.11 Å². The summed E-state index contributed by atoms with van der Waals surface area (Å²) in [7, 11) is 0. The first-order valence-corrected chi connectivity index (χ1v) is 4.05. The summed E-state index contributed by atoms with van der Waals surface area (Å²) in [4.78, 5) is 10.4. The maximum absolute atomic E-state index is 10.4. The summed E-state index contributed by atoms with van der Waals surface area (Å²) in [6, 6.07) is 9.02. The third-order valence-corrected chi connectivity index (χ3v) is 1.72. The fourth-order valence-electron chi connectivity index (χ4n) is 1.12. The molecule has 0 aromatic heterocycles. The second-order valence-electron chi connectivity index (χ2n) is 2.88. The van der Waals surface area contributed by atoms with Gasteiger partial charge in [0.05, 0.1) is 5.57 Å². The Bertz CT molecular complexity index is 432. The van der Waals surface area contributed by atoms with Crippen LogP contribution in [0.3, 0.4) is 0 Å². The van der Waals surface area contributed by atoms with E-state index in [2.05, 4.69) is 0 Å². The summed E-state index contributed by atoms with van der Waals surface area (Å²) in [5, 5.41) is 17.3. The molecule has 1 N–H and O–H groups in total. The van der Waals surface area contributed by atoms with Crippen LogP contribution in [0.2, 0.25) is 0 Å². The molecular weight excluding hydrogens is 217 g/mol. The van der Waals surface area contributed by atoms with E-state index in [1.54, 1.807) is 18.2 Å². The molecule has 0 aliphatic carbocycles. The number of hydrogen-bond donors (Lipinski definition) is 1. The van der Waals surface area contributed by atoms with Gasteiger partial charge in [0.2, 0.25) is 0 Å². The van der Waals surface area contributed by atoms with E-state index in [4.69, 9.17) is 10.4 Å². The Kier molecular flexibility index (Phi) is 6.73. The van der Waals surface area contributed by atoms with Gasteiger partial charge in [-0.2, -0.15) is 5.26 Å². The van der Waals surface area contributed by atoms with Crippen molar-refractivity contribution in [1.82, 2.24) is 0 Å². The molecule has 0 bridgehead atoms. The molecule has 15 heavy (non-hydrogen) atoms. The Hall–Kier alpha value is -0.444. The molecule has 0 spiro atoms. The van der Waals surface area contributed by atoms with Crippen molar-refractivity contribution < 1.29 is 9.90 Å². The third-order valence-electron chi connectivity index (χ3n) is 1.72. The van der Waals surface area contributed by atoms with Crippen molar-refractivity contribution in [1.29, 1.82) is 5.26 Å². The van der Waals surface area contributed by atoms with Crippen LogP contribution in [0.5, 0.6) is 0 Å². The van der Waals surface area contributed by atoms with Crippen LogP contribution in [0.25, 0.3) is 5.57 Å². The molecule has 72 valence electrons. The molecule has 1 aromatic rings. The number of rotatable bonds is 2. The number of aliphatic carboxylic acids is 1. The molecule has 0 aliphatic heterocycles. The molecule has 0 aliphatic rings. The van der Waals surface area contributed by atoms with E-state index in [1.165, 1.54) is 0 Å². The summed E-state index contributed by atoms with van der Waals surface area (Å²) in [6.07, 6.45) is 0.911. The van der Waals surface area contributed by atoms with Crippen molar-refractivity contribution in [3.05, 3.63) is 41.5 Å². The Morgan fingerprint density at radius 1 is 1.53 bits per heavy atom. The van der Waals surface area contributed by atoms with E-state index in [1.807, 2.05) is 19.1 Å². The number of aryl methyl sites for hydroxylation is 1. The minimum atomic E-state index is -1.11. The van der Waals surface area contributed by atoms with Gasteiger partial charge >= 0.3 is 57.4 Å². The average molecular weight is 227 g/mol. The van der Waals surface area contributed by atoms with E-state index in [-0.39, 0.29) is 57.0 Å². The third kappa shape index (κ3) is 4.73. The maximum atomic E-state index is 10.4. The van der Waals surface area contributed by atoms with Gasteiger partial charge in [-0.25, -0.2) is 4.79 Å². The molecule has 1 aromatic carbocycles. The van der Waals surface area contributed by atoms with Gasteiger partial charge in [0.15, 0.2) is 0 Å². The van der Waals surface area contributed by atoms with Crippen LogP contribution in [0.1, 0.15) is 11.1 Å². The first kappa shape index (κ1) is 14.6. The number of hydrogen-bond acceptors (Lipinski definition) is 2. The first-order chi connectivity index (χ1) is 6.63. The van der Waals surface area contributed by atoms with Gasteiger partial charge in [-0.3, -0.25) is 0 Å². The summed E-state index contributed by atoms with van der Waals surface area (Å²) in [5.74, 6) is -1.11. The predicted octanol–water partition coefficient (Wildman–Crippen LogP) is 1.34. The van der Waals surface area contributed by atoms with Crippen molar-refractivity contribution in [2.24, 2.45) is 0 Å². The SMILES string of the molecule is Cc1cccc(C(C#N)=CC(=O)O)c1.[KH]. The van der Waals surface area contributed by atoms with Crippen LogP contribution in [0.15, 0.2) is 30.3 Å². The topological polar surface area (TPSA) is 61.1 Å². The average Bonchev–Trinajstić information content (AvgIpc) is 2.14. The molecule has 1 rings (SSSR count). The van der Waals surface area contributed by atoms with Crippen LogP contribution in [0.4, 0.5) is 0 Å². The van der Waals surface area contributed by atoms with E-state index in [0.29, 0.717) is 5.56 Å². The molecule has 0 saturated carbocycles. The van der Waals surface area contributed by atoms with Gasteiger partial charge in [0.1, 0.15) is 6.07 Å². The van der Waals surface area contributed by atoms with Gasteiger partial charge in [-0.1, -0.05) is 29.8 Å². The molecule has 0 amide bonds. The zero-order valence-corrected chi connectivity index (χ0v) is 7.69. The van der Waals surface area contributed by atoms with Gasteiger partial charge in [-0.15, -0.1) is 0 Å². The number of nitriles is 1. The second-order valence-corrected chi connectivity index (χ2v) is 2.88. The monoisotopic (exact) mass is 227 g/mol. The Labute approximate surface area is 131 Å². The molecule has 0 radical (unpaired) electrons. The predicted molar refractivity (Wildman–Crippen MR) is 59.6 cm³/mol. The molecule has 0 fully saturated rings. The van der Waals surface area contributed by atoms with Crippen LogP contribution in [-0.2, 0) is 4.79 Å². The molecule has 0 saturated heterocycles. The fraction of sp³-hybridized carbons (Fsp3) is 0.0909. The van der Waals surface area contributed by atoms with E-state index in [0.717, 1.165) is 11.6 Å². The number of allylic oxidation sites excluding steroid dienone is 1. The van der Waals surface area contributed by atoms with Gasteiger partial charge in [0, 0.05) is 6.08 Å². The first-order valence-electron chi connectivity index (χ1n) is 4.05. The standard InChI is InChI=1S/C11H9NO2.K.H/c1-8-3-2-4-9(5-8)10(7-12)6-11(13)14;;/h2-6H,1H3,(H,13,14);;. The van der Waals surface area contributed by atoms with Crippen LogP contribution >= 0.6 is 0 Å². The zero-order valence-electron chi connectivity index (χ0n) is 7.69. The van der Waals surface area contributed by atoms with Crippen molar-refractivity contribution in [3.8, 4) is 6.07 Å². The zero-order chi connectivity index (χ0) is 10.6. The summed E-state index contributed by atoms with van der Waals surface area (Å²) < 4.78 is 0. The Balaban J connectivity index is 0.00000196. The van der Waals surface area contributed by atoms with Crippen molar-refractivity contribution in [2.75, 3.05) is 0 Å². The number of carboxylic acid groups (broad SMARTS) is 1. The number of carbonyl (C=O) groups is 1. The fourth-order valence-corrected chi connectivity index (χ4v) is 1.12. The van der Waals surface area contributed by atoms with Crippen LogP contribution in [0, 0.1) is 18.3 Å². The Morgan fingerprint density at radius 3 is 2.67 bits per heavy atom. The van der Waals surface area contributed by atoms with Gasteiger partial charge in [0.25, 0.3) is 0 Å². The van der Waals surface area contributed by atoms with Gasteiger partial charge in [-0.05, 0) is 12.5 Å². The second kappa shape index (κ2) is 6.93. The number of carboxylic acids is 1. The molecular formula is C11H10KNO2. The molecule has 4 heteroatoms. The summed E-state index contributed by atoms with van der Waals surface area (Å²) >= 11 is 0. The van der Waals surface area contributed by atoms with Crippen molar-refractivity contribution >= 4 is 62.9 Å². The summed E-state index contributed by atoms with van der Waals surface area (Å²) in [5.41, 5.74) is 1.80. The van der Waals surface area contributed by atoms with Crippen LogP contribution < -0.4 is 0 Å². The van der Waals surface area contributed by atoms with E-state index < -0.39 is 5.97 Å². The molecule has 0 atom stereocenters. The Morgan fingerprint density at radius 2 is 2.20 bits per heavy atom. The van der Waals surface area contributed by atoms with Crippen LogP contribution in [-0.4, -0.2) is 62.5 Å². The molecule has 0 unspecified atom stereocenters.